The predicted molar refractivity (Wildman–Crippen MR) is 60.4 cm³/mol. The maximum absolute atomic E-state index is 11.0. The summed E-state index contributed by atoms with van der Waals surface area (Å²) >= 11 is 0. The van der Waals surface area contributed by atoms with Gasteiger partial charge in [0.1, 0.15) is 15.7 Å². The molecule has 0 spiro atoms. The van der Waals surface area contributed by atoms with Gasteiger partial charge in [0.25, 0.3) is 0 Å². The van der Waals surface area contributed by atoms with Crippen LogP contribution in [-0.2, 0) is 16.4 Å². The number of aryl methyl sites for hydroxylation is 1. The number of rotatable bonds is 4. The number of nitrogen functional groups attached to an aromatic ring is 1. The zero-order valence-corrected chi connectivity index (χ0v) is 10.1. The minimum Gasteiger partial charge on any atom is -0.384 e. The number of aromatic nitrogens is 2. The molecule has 0 aliphatic rings. The molecule has 5 nitrogen and oxygen atoms in total. The van der Waals surface area contributed by atoms with Crippen LogP contribution in [-0.4, -0.2) is 30.2 Å². The molecule has 0 fully saturated rings. The maximum Gasteiger partial charge on any atom is 0.149 e. The first-order valence-electron chi connectivity index (χ1n) is 4.80. The average Bonchev–Trinajstić information content (AvgIpc) is 2.42. The number of hydrogen-bond acceptors (Lipinski definition) is 4. The molecular weight excluding hydrogens is 214 g/mol. The zero-order chi connectivity index (χ0) is 11.6. The van der Waals surface area contributed by atoms with Crippen LogP contribution >= 0.6 is 0 Å². The molecule has 0 amide bonds. The Kier molecular flexibility index (Phi) is 3.38. The van der Waals surface area contributed by atoms with E-state index in [-0.39, 0.29) is 5.75 Å². The van der Waals surface area contributed by atoms with E-state index in [2.05, 4.69) is 5.10 Å². The van der Waals surface area contributed by atoms with Crippen LogP contribution in [0.3, 0.4) is 0 Å². The zero-order valence-electron chi connectivity index (χ0n) is 9.27. The predicted octanol–water partition coefficient (Wildman–Crippen LogP) is 0.633. The van der Waals surface area contributed by atoms with Gasteiger partial charge in [-0.25, -0.2) is 13.1 Å². The second-order valence-corrected chi connectivity index (χ2v) is 6.26. The monoisotopic (exact) mass is 231 g/mol. The lowest BCUT2D eigenvalue weighted by molar-refractivity contribution is 0.584. The third-order valence-electron chi connectivity index (χ3n) is 2.10. The topological polar surface area (TPSA) is 78.0 Å². The normalized spacial score (nSPS) is 12.3. The summed E-state index contributed by atoms with van der Waals surface area (Å²) in [5, 5.41) is 4.24. The van der Waals surface area contributed by atoms with E-state index in [4.69, 9.17) is 5.73 Å². The molecule has 0 bridgehead atoms. The molecule has 86 valence electrons. The van der Waals surface area contributed by atoms with Gasteiger partial charge in [-0.2, -0.15) is 5.10 Å². The first-order valence-corrected chi connectivity index (χ1v) is 6.86. The van der Waals surface area contributed by atoms with Crippen molar-refractivity contribution in [2.45, 2.75) is 26.3 Å². The molecule has 2 N–H and O–H groups in total. The molecule has 1 rings (SSSR count). The first kappa shape index (κ1) is 12.0. The highest BCUT2D eigenvalue weighted by Crippen LogP contribution is 2.15. The van der Waals surface area contributed by atoms with E-state index in [1.165, 1.54) is 10.9 Å². The second kappa shape index (κ2) is 4.22. The number of anilines is 1. The highest BCUT2D eigenvalue weighted by molar-refractivity contribution is 7.90. The Labute approximate surface area is 90.2 Å². The Morgan fingerprint density at radius 2 is 2.13 bits per heavy atom. The van der Waals surface area contributed by atoms with Crippen molar-refractivity contribution in [3.63, 3.8) is 0 Å². The van der Waals surface area contributed by atoms with Crippen LogP contribution in [0.15, 0.2) is 6.07 Å². The van der Waals surface area contributed by atoms with E-state index < -0.39 is 9.84 Å². The minimum absolute atomic E-state index is 0.0659. The van der Waals surface area contributed by atoms with Crippen molar-refractivity contribution in [3.05, 3.63) is 11.8 Å². The van der Waals surface area contributed by atoms with Crippen molar-refractivity contribution >= 4 is 15.7 Å². The fourth-order valence-corrected chi connectivity index (χ4v) is 1.67. The van der Waals surface area contributed by atoms with Crippen LogP contribution in [0.4, 0.5) is 5.82 Å². The minimum atomic E-state index is -2.97. The molecule has 0 aliphatic heterocycles. The summed E-state index contributed by atoms with van der Waals surface area (Å²) in [7, 11) is -2.97. The molecule has 0 saturated carbocycles. The van der Waals surface area contributed by atoms with Crippen LogP contribution in [0.1, 0.15) is 25.5 Å². The van der Waals surface area contributed by atoms with Gasteiger partial charge in [-0.3, -0.25) is 0 Å². The lowest BCUT2D eigenvalue weighted by Gasteiger charge is -2.02. The van der Waals surface area contributed by atoms with E-state index in [0.717, 1.165) is 5.69 Å². The second-order valence-electron chi connectivity index (χ2n) is 4.00. The Hall–Kier alpha value is -1.04. The van der Waals surface area contributed by atoms with Crippen LogP contribution in [0.2, 0.25) is 0 Å². The molecule has 0 unspecified atom stereocenters. The molecule has 0 aromatic carbocycles. The fourth-order valence-electron chi connectivity index (χ4n) is 1.17. The average molecular weight is 231 g/mol. The van der Waals surface area contributed by atoms with Crippen molar-refractivity contribution < 1.29 is 8.42 Å². The largest absolute Gasteiger partial charge is 0.384 e. The summed E-state index contributed by atoms with van der Waals surface area (Å²) in [5.74, 6) is 0.880. The van der Waals surface area contributed by atoms with Crippen LogP contribution in [0.5, 0.6) is 0 Å². The smallest absolute Gasteiger partial charge is 0.149 e. The standard InChI is InChI=1S/C9H17N3O2S/c1-7(2)8-6-9(10)12(11-8)4-5-15(3,13)14/h6-7H,4-5,10H2,1-3H3. The number of nitrogens with two attached hydrogens (primary N) is 1. The Bertz CT molecular complexity index is 434. The Balaban J connectivity index is 2.78. The fraction of sp³-hybridized carbons (Fsp3) is 0.667. The summed E-state index contributed by atoms with van der Waals surface area (Å²) in [5.41, 5.74) is 6.60. The summed E-state index contributed by atoms with van der Waals surface area (Å²) in [6, 6.07) is 1.78. The summed E-state index contributed by atoms with van der Waals surface area (Å²) < 4.78 is 23.5. The van der Waals surface area contributed by atoms with Crippen molar-refractivity contribution in [2.75, 3.05) is 17.7 Å². The number of sulfone groups is 1. The van der Waals surface area contributed by atoms with Crippen molar-refractivity contribution in [2.24, 2.45) is 0 Å². The van der Waals surface area contributed by atoms with Gasteiger partial charge < -0.3 is 5.73 Å². The lowest BCUT2D eigenvalue weighted by Crippen LogP contribution is -2.14. The summed E-state index contributed by atoms with van der Waals surface area (Å²) in [4.78, 5) is 0. The molecule has 0 saturated heterocycles. The molecule has 0 aliphatic carbocycles. The molecule has 0 atom stereocenters. The maximum atomic E-state index is 11.0. The molecule has 6 heteroatoms. The summed E-state index contributed by atoms with van der Waals surface area (Å²) in [6.45, 7) is 4.35. The van der Waals surface area contributed by atoms with Crippen LogP contribution in [0.25, 0.3) is 0 Å². The third-order valence-corrected chi connectivity index (χ3v) is 3.02. The van der Waals surface area contributed by atoms with E-state index >= 15 is 0 Å². The molecule has 0 radical (unpaired) electrons. The Morgan fingerprint density at radius 1 is 1.53 bits per heavy atom. The number of hydrogen-bond donors (Lipinski definition) is 1. The SMILES string of the molecule is CC(C)c1cc(N)n(CCS(C)(=O)=O)n1. The van der Waals surface area contributed by atoms with E-state index in [1.807, 2.05) is 13.8 Å². The summed E-state index contributed by atoms with van der Waals surface area (Å²) in [6.07, 6.45) is 1.20. The van der Waals surface area contributed by atoms with Gasteiger partial charge in [0, 0.05) is 12.3 Å². The Morgan fingerprint density at radius 3 is 2.53 bits per heavy atom. The van der Waals surface area contributed by atoms with Gasteiger partial charge >= 0.3 is 0 Å². The van der Waals surface area contributed by atoms with E-state index in [1.54, 1.807) is 6.07 Å². The van der Waals surface area contributed by atoms with Gasteiger partial charge in [0.2, 0.25) is 0 Å². The molecular formula is C9H17N3O2S. The van der Waals surface area contributed by atoms with Gasteiger partial charge in [0.05, 0.1) is 18.0 Å². The highest BCUT2D eigenvalue weighted by Gasteiger charge is 2.10. The third kappa shape index (κ3) is 3.54. The first-order chi connectivity index (χ1) is 6.79. The van der Waals surface area contributed by atoms with Crippen LogP contribution in [0, 0.1) is 0 Å². The highest BCUT2D eigenvalue weighted by atomic mass is 32.2. The van der Waals surface area contributed by atoms with Gasteiger partial charge in [-0.05, 0) is 5.92 Å². The van der Waals surface area contributed by atoms with E-state index in [0.29, 0.717) is 18.3 Å². The molecule has 1 aromatic rings. The van der Waals surface area contributed by atoms with Gasteiger partial charge in [0.15, 0.2) is 0 Å². The van der Waals surface area contributed by atoms with Gasteiger partial charge in [-0.15, -0.1) is 0 Å². The van der Waals surface area contributed by atoms with Crippen molar-refractivity contribution in [3.8, 4) is 0 Å². The number of nitrogens with zero attached hydrogens (tertiary/aromatic N) is 2. The molecule has 1 heterocycles. The lowest BCUT2D eigenvalue weighted by atomic mass is 10.1. The van der Waals surface area contributed by atoms with Gasteiger partial charge in [-0.1, -0.05) is 13.8 Å². The quantitative estimate of drug-likeness (QED) is 0.824. The van der Waals surface area contributed by atoms with Crippen molar-refractivity contribution in [1.29, 1.82) is 0 Å². The van der Waals surface area contributed by atoms with Crippen molar-refractivity contribution in [1.82, 2.24) is 9.78 Å². The molecule has 15 heavy (non-hydrogen) atoms. The van der Waals surface area contributed by atoms with E-state index in [9.17, 15) is 8.42 Å². The molecule has 1 aromatic heterocycles. The van der Waals surface area contributed by atoms with Crippen LogP contribution < -0.4 is 5.73 Å².